The van der Waals surface area contributed by atoms with E-state index in [0.29, 0.717) is 45.3 Å². The van der Waals surface area contributed by atoms with Crippen molar-refractivity contribution in [1.29, 1.82) is 0 Å². The summed E-state index contributed by atoms with van der Waals surface area (Å²) in [5.41, 5.74) is 0. The van der Waals surface area contributed by atoms with Crippen LogP contribution in [0.5, 0.6) is 0 Å². The zero-order valence-corrected chi connectivity index (χ0v) is 15.3. The number of rotatable bonds is 5. The van der Waals surface area contributed by atoms with Crippen molar-refractivity contribution in [2.45, 2.75) is 39.3 Å². The van der Waals surface area contributed by atoms with Gasteiger partial charge in [0.15, 0.2) is 0 Å². The molecule has 7 heteroatoms. The second-order valence-corrected chi connectivity index (χ2v) is 7.03. The molecular weight excluding hydrogens is 308 g/mol. The maximum Gasteiger partial charge on any atom is 0.236 e. The maximum atomic E-state index is 12.5. The van der Waals surface area contributed by atoms with E-state index < -0.39 is 0 Å². The van der Waals surface area contributed by atoms with Gasteiger partial charge >= 0.3 is 0 Å². The van der Waals surface area contributed by atoms with Gasteiger partial charge in [-0.25, -0.2) is 0 Å². The summed E-state index contributed by atoms with van der Waals surface area (Å²) in [5, 5.41) is 9.62. The normalized spacial score (nSPS) is 24.9. The van der Waals surface area contributed by atoms with Crippen LogP contribution >= 0.6 is 0 Å². The van der Waals surface area contributed by atoms with Gasteiger partial charge in [0.1, 0.15) is 0 Å². The molecule has 2 aliphatic heterocycles. The lowest BCUT2D eigenvalue weighted by Crippen LogP contribution is -2.57. The maximum absolute atomic E-state index is 12.5. The SMILES string of the molecule is CC[C@@H]1CN(CC(=O)N2CCN(C(C)=O)CC2)CCN1C[C@@H](C)O. The van der Waals surface area contributed by atoms with Crippen LogP contribution < -0.4 is 0 Å². The Labute approximate surface area is 145 Å². The summed E-state index contributed by atoms with van der Waals surface area (Å²) in [4.78, 5) is 32.1. The molecule has 0 spiro atoms. The van der Waals surface area contributed by atoms with E-state index >= 15 is 0 Å². The second-order valence-electron chi connectivity index (χ2n) is 7.03. The highest BCUT2D eigenvalue weighted by atomic mass is 16.3. The average molecular weight is 340 g/mol. The van der Waals surface area contributed by atoms with Gasteiger partial charge in [0.25, 0.3) is 0 Å². The number of aliphatic hydroxyl groups excluding tert-OH is 1. The van der Waals surface area contributed by atoms with Gasteiger partial charge in [0.2, 0.25) is 11.8 Å². The lowest BCUT2D eigenvalue weighted by atomic mass is 10.1. The topological polar surface area (TPSA) is 67.3 Å². The Bertz CT molecular complexity index is 436. The first kappa shape index (κ1) is 19.1. The van der Waals surface area contributed by atoms with Crippen LogP contribution in [0.25, 0.3) is 0 Å². The third kappa shape index (κ3) is 5.16. The van der Waals surface area contributed by atoms with Crippen molar-refractivity contribution in [2.75, 3.05) is 58.9 Å². The van der Waals surface area contributed by atoms with Crippen LogP contribution in [-0.2, 0) is 9.59 Å². The fourth-order valence-electron chi connectivity index (χ4n) is 3.63. The number of carbonyl (C=O) groups is 2. The molecule has 7 nitrogen and oxygen atoms in total. The van der Waals surface area contributed by atoms with Crippen LogP contribution in [0, 0.1) is 0 Å². The summed E-state index contributed by atoms with van der Waals surface area (Å²) in [5.74, 6) is 0.249. The van der Waals surface area contributed by atoms with Gasteiger partial charge in [-0.2, -0.15) is 0 Å². The van der Waals surface area contributed by atoms with Gasteiger partial charge in [-0.05, 0) is 13.3 Å². The second kappa shape index (κ2) is 8.78. The molecule has 0 unspecified atom stereocenters. The van der Waals surface area contributed by atoms with E-state index in [0.717, 1.165) is 26.1 Å². The van der Waals surface area contributed by atoms with E-state index in [1.165, 1.54) is 0 Å². The van der Waals surface area contributed by atoms with E-state index in [4.69, 9.17) is 0 Å². The van der Waals surface area contributed by atoms with E-state index in [9.17, 15) is 14.7 Å². The van der Waals surface area contributed by atoms with Gasteiger partial charge in [-0.1, -0.05) is 6.92 Å². The van der Waals surface area contributed by atoms with E-state index in [-0.39, 0.29) is 17.9 Å². The molecule has 24 heavy (non-hydrogen) atoms. The lowest BCUT2D eigenvalue weighted by molar-refractivity contribution is -0.139. The largest absolute Gasteiger partial charge is 0.392 e. The molecule has 2 fully saturated rings. The summed E-state index contributed by atoms with van der Waals surface area (Å²) in [6, 6.07) is 0.399. The number of nitrogens with zero attached hydrogens (tertiary/aromatic N) is 4. The molecule has 0 aliphatic carbocycles. The third-order valence-electron chi connectivity index (χ3n) is 5.10. The minimum absolute atomic E-state index is 0.0853. The molecule has 0 aromatic rings. The standard InChI is InChI=1S/C17H32N4O3/c1-4-16-12-18(5-6-21(16)11-14(2)22)13-17(24)20-9-7-19(8-10-20)15(3)23/h14,16,22H,4-13H2,1-3H3/t14-,16-/m1/s1. The molecule has 2 heterocycles. The van der Waals surface area contributed by atoms with E-state index in [2.05, 4.69) is 16.7 Å². The van der Waals surface area contributed by atoms with Crippen molar-refractivity contribution >= 4 is 11.8 Å². The van der Waals surface area contributed by atoms with Gasteiger partial charge in [-0.15, -0.1) is 0 Å². The molecule has 138 valence electrons. The van der Waals surface area contributed by atoms with Crippen molar-refractivity contribution < 1.29 is 14.7 Å². The summed E-state index contributed by atoms with van der Waals surface area (Å²) in [6.45, 7) is 11.9. The first-order valence-corrected chi connectivity index (χ1v) is 9.08. The van der Waals surface area contributed by atoms with Crippen molar-refractivity contribution in [3.8, 4) is 0 Å². The Morgan fingerprint density at radius 3 is 2.25 bits per heavy atom. The van der Waals surface area contributed by atoms with Crippen LogP contribution in [0.3, 0.4) is 0 Å². The first-order valence-electron chi connectivity index (χ1n) is 9.08. The first-order chi connectivity index (χ1) is 11.4. The highest BCUT2D eigenvalue weighted by molar-refractivity contribution is 5.79. The molecule has 0 saturated carbocycles. The number of piperazine rings is 2. The molecule has 0 bridgehead atoms. The summed E-state index contributed by atoms with van der Waals surface area (Å²) in [6.07, 6.45) is 0.708. The molecule has 0 aromatic carbocycles. The van der Waals surface area contributed by atoms with Crippen molar-refractivity contribution in [1.82, 2.24) is 19.6 Å². The minimum Gasteiger partial charge on any atom is -0.392 e. The Balaban J connectivity index is 1.79. The highest BCUT2D eigenvalue weighted by Crippen LogP contribution is 2.14. The van der Waals surface area contributed by atoms with Crippen LogP contribution in [0.1, 0.15) is 27.2 Å². The zero-order valence-electron chi connectivity index (χ0n) is 15.3. The van der Waals surface area contributed by atoms with Gasteiger partial charge < -0.3 is 14.9 Å². The predicted molar refractivity (Wildman–Crippen MR) is 92.6 cm³/mol. The van der Waals surface area contributed by atoms with Crippen LogP contribution in [0.2, 0.25) is 0 Å². The van der Waals surface area contributed by atoms with Gasteiger partial charge in [0, 0.05) is 65.3 Å². The van der Waals surface area contributed by atoms with E-state index in [1.54, 1.807) is 11.8 Å². The molecule has 1 N–H and O–H groups in total. The number of amides is 2. The average Bonchev–Trinajstić information content (AvgIpc) is 2.55. The predicted octanol–water partition coefficient (Wildman–Crippen LogP) is -0.546. The Morgan fingerprint density at radius 2 is 1.71 bits per heavy atom. The van der Waals surface area contributed by atoms with Crippen molar-refractivity contribution in [3.63, 3.8) is 0 Å². The number of carbonyl (C=O) groups excluding carboxylic acids is 2. The number of aliphatic hydroxyl groups is 1. The molecule has 2 aliphatic rings. The molecule has 2 saturated heterocycles. The van der Waals surface area contributed by atoms with Gasteiger partial charge in [0.05, 0.1) is 12.6 Å². The molecular formula is C17H32N4O3. The summed E-state index contributed by atoms with van der Waals surface area (Å²) in [7, 11) is 0. The molecule has 0 radical (unpaired) electrons. The highest BCUT2D eigenvalue weighted by Gasteiger charge is 2.29. The molecule has 2 amide bonds. The fraction of sp³-hybridized carbons (Fsp3) is 0.882. The molecule has 2 rings (SSSR count). The van der Waals surface area contributed by atoms with Gasteiger partial charge in [-0.3, -0.25) is 19.4 Å². The van der Waals surface area contributed by atoms with Crippen molar-refractivity contribution in [2.24, 2.45) is 0 Å². The Kier molecular flexibility index (Phi) is 7.01. The van der Waals surface area contributed by atoms with Crippen LogP contribution in [0.15, 0.2) is 0 Å². The summed E-state index contributed by atoms with van der Waals surface area (Å²) < 4.78 is 0. The van der Waals surface area contributed by atoms with Crippen molar-refractivity contribution in [3.05, 3.63) is 0 Å². The Morgan fingerprint density at radius 1 is 1.08 bits per heavy atom. The third-order valence-corrected chi connectivity index (χ3v) is 5.10. The number of hydrogen-bond donors (Lipinski definition) is 1. The molecule has 2 atom stereocenters. The summed E-state index contributed by atoms with van der Waals surface area (Å²) >= 11 is 0. The number of hydrogen-bond acceptors (Lipinski definition) is 5. The monoisotopic (exact) mass is 340 g/mol. The molecule has 0 aromatic heterocycles. The van der Waals surface area contributed by atoms with Crippen LogP contribution in [-0.4, -0.2) is 108 Å². The smallest absolute Gasteiger partial charge is 0.236 e. The Hall–Kier alpha value is -1.18. The quantitative estimate of drug-likeness (QED) is 0.728. The minimum atomic E-state index is -0.315. The zero-order chi connectivity index (χ0) is 17.7. The van der Waals surface area contributed by atoms with Crippen LogP contribution in [0.4, 0.5) is 0 Å². The number of β-amino-alcohol motifs (C(OH)–C–C–N with tert-alkyl or cyclic N) is 1. The fourth-order valence-corrected chi connectivity index (χ4v) is 3.63. The lowest BCUT2D eigenvalue weighted by Gasteiger charge is -2.42. The van der Waals surface area contributed by atoms with E-state index in [1.807, 2.05) is 11.8 Å².